The molecule has 18 heavy (non-hydrogen) atoms. The van der Waals surface area contributed by atoms with Crippen LogP contribution in [-0.4, -0.2) is 24.7 Å². The molecule has 1 nitrogen and oxygen atoms in total. The van der Waals surface area contributed by atoms with Gasteiger partial charge in [0, 0.05) is 0 Å². The molecule has 2 heteroatoms. The maximum absolute atomic E-state index is 10.2. The zero-order chi connectivity index (χ0) is 13.2. The van der Waals surface area contributed by atoms with Crippen LogP contribution in [0.2, 0.25) is 8.94 Å². The van der Waals surface area contributed by atoms with E-state index in [0.29, 0.717) is 5.76 Å². The van der Waals surface area contributed by atoms with E-state index in [4.69, 9.17) is 0 Å². The van der Waals surface area contributed by atoms with Crippen molar-refractivity contribution in [2.24, 2.45) is 0 Å². The van der Waals surface area contributed by atoms with Crippen LogP contribution in [0.1, 0.15) is 45.1 Å². The molecule has 1 aromatic carbocycles. The standard InChI is InChI=1S/C16H24OTe/c1-3-5-12-18(13-6-4-2)14-16(17)15-10-8-7-9-11-15/h7-11,14H,3-6,12-13H2,1-2H3/p+1/b16-14-. The Balaban J connectivity index is 2.66. The first-order valence-corrected chi connectivity index (χ1v) is 11.5. The van der Waals surface area contributed by atoms with Crippen LogP contribution in [0.15, 0.2) is 34.5 Å². The van der Waals surface area contributed by atoms with Gasteiger partial charge >= 0.3 is 119 Å². The molecule has 0 bridgehead atoms. The van der Waals surface area contributed by atoms with Gasteiger partial charge in [-0.1, -0.05) is 0 Å². The summed E-state index contributed by atoms with van der Waals surface area (Å²) < 4.78 is 4.94. The monoisotopic (exact) mass is 363 g/mol. The second-order valence-electron chi connectivity index (χ2n) is 4.52. The van der Waals surface area contributed by atoms with Gasteiger partial charge in [-0.15, -0.1) is 0 Å². The second kappa shape index (κ2) is 9.48. The summed E-state index contributed by atoms with van der Waals surface area (Å²) in [5.41, 5.74) is 0.969. The Hall–Kier alpha value is -0.450. The molecule has 100 valence electrons. The van der Waals surface area contributed by atoms with Gasteiger partial charge in [-0.05, 0) is 0 Å². The molecule has 0 atom stereocenters. The molecule has 0 aliphatic heterocycles. The van der Waals surface area contributed by atoms with Crippen molar-refractivity contribution in [1.29, 1.82) is 0 Å². The van der Waals surface area contributed by atoms with Crippen molar-refractivity contribution in [3.05, 3.63) is 40.0 Å². The molecule has 1 rings (SSSR count). The first-order chi connectivity index (χ1) is 8.77. The topological polar surface area (TPSA) is 20.2 Å². The molecule has 0 aliphatic rings. The van der Waals surface area contributed by atoms with Gasteiger partial charge < -0.3 is 0 Å². The van der Waals surface area contributed by atoms with Crippen LogP contribution in [0, 0.1) is 0 Å². The van der Waals surface area contributed by atoms with Gasteiger partial charge in [-0.25, -0.2) is 0 Å². The molecular weight excluding hydrogens is 336 g/mol. The third-order valence-electron chi connectivity index (χ3n) is 2.87. The molecule has 0 radical (unpaired) electrons. The number of unbranched alkanes of at least 4 members (excludes halogenated alkanes) is 2. The Kier molecular flexibility index (Phi) is 8.22. The summed E-state index contributed by atoms with van der Waals surface area (Å²) in [5, 5.41) is 10.2. The van der Waals surface area contributed by atoms with Crippen LogP contribution in [0.25, 0.3) is 5.76 Å². The summed E-state index contributed by atoms with van der Waals surface area (Å²) in [5.74, 6) is 0.513. The van der Waals surface area contributed by atoms with Crippen LogP contribution in [-0.2, 0) is 0 Å². The van der Waals surface area contributed by atoms with Crippen LogP contribution in [0.3, 0.4) is 0 Å². The molecule has 0 spiro atoms. The van der Waals surface area contributed by atoms with E-state index >= 15 is 0 Å². The average molecular weight is 361 g/mol. The fourth-order valence-electron chi connectivity index (χ4n) is 1.71. The van der Waals surface area contributed by atoms with Gasteiger partial charge in [0.2, 0.25) is 0 Å². The molecule has 0 saturated heterocycles. The molecule has 0 amide bonds. The maximum atomic E-state index is 10.2. The van der Waals surface area contributed by atoms with Crippen molar-refractivity contribution in [2.45, 2.75) is 48.5 Å². The third-order valence-corrected chi connectivity index (χ3v) is 9.10. The number of benzene rings is 1. The van der Waals surface area contributed by atoms with Crippen molar-refractivity contribution in [1.82, 2.24) is 0 Å². The van der Waals surface area contributed by atoms with Gasteiger partial charge in [-0.2, -0.15) is 0 Å². The van der Waals surface area contributed by atoms with E-state index in [1.54, 1.807) is 0 Å². The van der Waals surface area contributed by atoms with Crippen molar-refractivity contribution in [2.75, 3.05) is 0 Å². The fraction of sp³-hybridized carbons (Fsp3) is 0.500. The summed E-state index contributed by atoms with van der Waals surface area (Å²) in [4.78, 5) is 0. The quantitative estimate of drug-likeness (QED) is 0.497. The zero-order valence-electron chi connectivity index (χ0n) is 11.6. The average Bonchev–Trinajstić information content (AvgIpc) is 2.42. The van der Waals surface area contributed by atoms with Crippen molar-refractivity contribution >= 4 is 25.3 Å². The first kappa shape index (κ1) is 15.6. The van der Waals surface area contributed by atoms with Crippen molar-refractivity contribution < 1.29 is 5.11 Å². The molecule has 0 unspecified atom stereocenters. The molecule has 0 aromatic heterocycles. The number of aliphatic hydroxyl groups is 1. The Bertz CT molecular complexity index is 337. The third kappa shape index (κ3) is 5.94. The Labute approximate surface area is 119 Å². The second-order valence-corrected chi connectivity index (χ2v) is 10.6. The molecule has 0 saturated carbocycles. The summed E-state index contributed by atoms with van der Waals surface area (Å²) in [6.45, 7) is 4.49. The van der Waals surface area contributed by atoms with E-state index in [-0.39, 0.29) is 0 Å². The van der Waals surface area contributed by atoms with E-state index in [9.17, 15) is 5.11 Å². The summed E-state index contributed by atoms with van der Waals surface area (Å²) in [6, 6.07) is 9.93. The van der Waals surface area contributed by atoms with Gasteiger partial charge in [0.05, 0.1) is 0 Å². The summed E-state index contributed by atoms with van der Waals surface area (Å²) in [7, 11) is 0. The molecule has 0 fully saturated rings. The van der Waals surface area contributed by atoms with Gasteiger partial charge in [0.1, 0.15) is 0 Å². The Morgan fingerprint density at radius 1 is 1.06 bits per heavy atom. The molecule has 0 aliphatic carbocycles. The van der Waals surface area contributed by atoms with Gasteiger partial charge in [-0.3, -0.25) is 0 Å². The molecule has 1 N–H and O–H groups in total. The van der Waals surface area contributed by atoms with Crippen LogP contribution >= 0.6 is 0 Å². The van der Waals surface area contributed by atoms with E-state index in [2.05, 4.69) is 18.0 Å². The predicted molar refractivity (Wildman–Crippen MR) is 82.2 cm³/mol. The van der Waals surface area contributed by atoms with E-state index in [1.165, 1.54) is 34.6 Å². The number of aliphatic hydroxyl groups excluding tert-OH is 1. The van der Waals surface area contributed by atoms with E-state index < -0.39 is 19.6 Å². The normalized spacial score (nSPS) is 12.1. The number of rotatable bonds is 8. The number of hydrogen-bond donors (Lipinski definition) is 1. The Morgan fingerprint density at radius 2 is 1.61 bits per heavy atom. The summed E-state index contributed by atoms with van der Waals surface area (Å²) >= 11 is -1.23. The SMILES string of the molecule is CCCC[Te+](/C=C(\O)c1ccccc1)CCCC. The van der Waals surface area contributed by atoms with Crippen molar-refractivity contribution in [3.63, 3.8) is 0 Å². The molecule has 0 heterocycles. The minimum absolute atomic E-state index is 0.513. The van der Waals surface area contributed by atoms with Crippen molar-refractivity contribution in [3.8, 4) is 0 Å². The predicted octanol–water partition coefficient (Wildman–Crippen LogP) is 5.22. The zero-order valence-corrected chi connectivity index (χ0v) is 13.9. The first-order valence-electron chi connectivity index (χ1n) is 6.90. The van der Waals surface area contributed by atoms with E-state index in [0.717, 1.165) is 5.56 Å². The Morgan fingerprint density at radius 3 is 2.11 bits per heavy atom. The van der Waals surface area contributed by atoms with E-state index in [1.807, 2.05) is 30.3 Å². The number of hydrogen-bond acceptors (Lipinski definition) is 1. The molecular formula is C16H25OTe+. The van der Waals surface area contributed by atoms with Gasteiger partial charge in [0.15, 0.2) is 0 Å². The van der Waals surface area contributed by atoms with Crippen LogP contribution in [0.5, 0.6) is 0 Å². The van der Waals surface area contributed by atoms with Crippen LogP contribution in [0.4, 0.5) is 0 Å². The summed E-state index contributed by atoms with van der Waals surface area (Å²) in [6.07, 6.45) is 5.17. The van der Waals surface area contributed by atoms with Crippen LogP contribution < -0.4 is 0 Å². The molecule has 1 aromatic rings. The van der Waals surface area contributed by atoms with Gasteiger partial charge in [0.25, 0.3) is 0 Å². The fourth-order valence-corrected chi connectivity index (χ4v) is 8.02. The minimum atomic E-state index is -1.23.